The molecule has 0 N–H and O–H groups in total. The molecule has 0 heterocycles. The van der Waals surface area contributed by atoms with Gasteiger partial charge in [0.15, 0.2) is 0 Å². The number of alkyl halides is 1. The Morgan fingerprint density at radius 1 is 1.45 bits per heavy atom. The van der Waals surface area contributed by atoms with Crippen molar-refractivity contribution in [3.05, 3.63) is 24.2 Å². The molecule has 118 valence electrons. The van der Waals surface area contributed by atoms with Gasteiger partial charge in [0.2, 0.25) is 0 Å². The van der Waals surface area contributed by atoms with Crippen LogP contribution in [-0.2, 0) is 4.74 Å². The molecule has 0 saturated carbocycles. The van der Waals surface area contributed by atoms with Gasteiger partial charge in [-0.1, -0.05) is 38.8 Å². The van der Waals surface area contributed by atoms with Crippen LogP contribution in [-0.4, -0.2) is 29.8 Å². The predicted octanol–water partition coefficient (Wildman–Crippen LogP) is 5.33. The van der Waals surface area contributed by atoms with E-state index in [2.05, 4.69) is 20.4 Å². The SMILES string of the molecule is C=C(CCCC)O/C(=C/CC)CC([C@@H](C)F)N(C)SC. The van der Waals surface area contributed by atoms with Crippen LogP contribution in [0.4, 0.5) is 4.39 Å². The summed E-state index contributed by atoms with van der Waals surface area (Å²) in [4.78, 5) is 0. The van der Waals surface area contributed by atoms with Crippen LogP contribution in [0.2, 0.25) is 0 Å². The van der Waals surface area contributed by atoms with Gasteiger partial charge in [0.1, 0.15) is 11.9 Å². The lowest BCUT2D eigenvalue weighted by Crippen LogP contribution is -2.34. The summed E-state index contributed by atoms with van der Waals surface area (Å²) in [5, 5.41) is 0. The number of unbranched alkanes of at least 4 members (excludes halogenated alkanes) is 1. The lowest BCUT2D eigenvalue weighted by molar-refractivity contribution is 0.188. The summed E-state index contributed by atoms with van der Waals surface area (Å²) in [6, 6.07) is -0.179. The molecule has 0 aromatic rings. The first-order valence-electron chi connectivity index (χ1n) is 7.41. The van der Waals surface area contributed by atoms with E-state index in [0.29, 0.717) is 6.42 Å². The summed E-state index contributed by atoms with van der Waals surface area (Å²) in [6.45, 7) is 9.76. The molecule has 0 aliphatic carbocycles. The third kappa shape index (κ3) is 7.95. The van der Waals surface area contributed by atoms with Crippen molar-refractivity contribution in [2.24, 2.45) is 0 Å². The Balaban J connectivity index is 4.66. The van der Waals surface area contributed by atoms with E-state index in [9.17, 15) is 4.39 Å². The normalized spacial score (nSPS) is 15.2. The van der Waals surface area contributed by atoms with E-state index in [-0.39, 0.29) is 6.04 Å². The lowest BCUT2D eigenvalue weighted by Gasteiger charge is -2.28. The van der Waals surface area contributed by atoms with Gasteiger partial charge in [0.05, 0.1) is 11.8 Å². The van der Waals surface area contributed by atoms with Gasteiger partial charge in [-0.05, 0) is 39.1 Å². The molecular weight excluding hydrogens is 273 g/mol. The zero-order valence-corrected chi connectivity index (χ0v) is 14.4. The number of ether oxygens (including phenoxy) is 1. The molecule has 0 aromatic heterocycles. The van der Waals surface area contributed by atoms with E-state index in [4.69, 9.17) is 4.74 Å². The second kappa shape index (κ2) is 11.2. The molecule has 2 atom stereocenters. The van der Waals surface area contributed by atoms with Gasteiger partial charge in [0.25, 0.3) is 0 Å². The first-order valence-corrected chi connectivity index (χ1v) is 8.60. The Bertz CT molecular complexity index is 305. The summed E-state index contributed by atoms with van der Waals surface area (Å²) in [5.74, 6) is 1.62. The van der Waals surface area contributed by atoms with Crippen LogP contribution in [0.15, 0.2) is 24.2 Å². The van der Waals surface area contributed by atoms with Crippen molar-refractivity contribution >= 4 is 11.9 Å². The third-order valence-corrected chi connectivity index (χ3v) is 4.06. The Kier molecular flexibility index (Phi) is 10.9. The quantitative estimate of drug-likeness (QED) is 0.378. The van der Waals surface area contributed by atoms with Crippen molar-refractivity contribution in [2.45, 2.75) is 65.1 Å². The molecule has 0 bridgehead atoms. The van der Waals surface area contributed by atoms with Crippen molar-refractivity contribution in [2.75, 3.05) is 13.3 Å². The molecule has 0 amide bonds. The Labute approximate surface area is 128 Å². The highest BCUT2D eigenvalue weighted by Crippen LogP contribution is 2.24. The fraction of sp³-hybridized carbons (Fsp3) is 0.750. The Morgan fingerprint density at radius 2 is 2.10 bits per heavy atom. The van der Waals surface area contributed by atoms with Gasteiger partial charge < -0.3 is 4.74 Å². The van der Waals surface area contributed by atoms with Crippen LogP contribution in [0.3, 0.4) is 0 Å². The van der Waals surface area contributed by atoms with Crippen molar-refractivity contribution < 1.29 is 9.13 Å². The Morgan fingerprint density at radius 3 is 2.55 bits per heavy atom. The summed E-state index contributed by atoms with van der Waals surface area (Å²) in [7, 11) is 1.92. The molecule has 0 spiro atoms. The van der Waals surface area contributed by atoms with Gasteiger partial charge in [-0.25, -0.2) is 8.70 Å². The highest BCUT2D eigenvalue weighted by molar-refractivity contribution is 7.96. The van der Waals surface area contributed by atoms with Crippen LogP contribution in [0.1, 0.15) is 52.9 Å². The van der Waals surface area contributed by atoms with Crippen molar-refractivity contribution in [1.82, 2.24) is 4.31 Å². The van der Waals surface area contributed by atoms with Gasteiger partial charge in [0, 0.05) is 12.8 Å². The zero-order valence-electron chi connectivity index (χ0n) is 13.6. The molecule has 4 heteroatoms. The standard InChI is InChI=1S/C16H30FNOS/c1-7-9-11-13(3)19-15(10-8-2)12-16(14(4)17)18(5)20-6/h10,14,16H,3,7-9,11-12H2,1-2,4-6H3/b15-10+/t14-,16?/m1/s1. The number of allylic oxidation sites excluding steroid dienone is 2. The van der Waals surface area contributed by atoms with Gasteiger partial charge in [-0.2, -0.15) is 0 Å². The minimum Gasteiger partial charge on any atom is -0.467 e. The highest BCUT2D eigenvalue weighted by Gasteiger charge is 2.23. The number of nitrogens with zero attached hydrogens (tertiary/aromatic N) is 1. The zero-order chi connectivity index (χ0) is 15.5. The molecule has 0 aliphatic rings. The smallest absolute Gasteiger partial charge is 0.114 e. The van der Waals surface area contributed by atoms with Crippen molar-refractivity contribution in [1.29, 1.82) is 0 Å². The molecule has 0 aromatic carbocycles. The molecule has 0 radical (unpaired) electrons. The number of halogens is 1. The van der Waals surface area contributed by atoms with E-state index in [1.54, 1.807) is 18.9 Å². The topological polar surface area (TPSA) is 12.5 Å². The maximum atomic E-state index is 13.8. The third-order valence-electron chi connectivity index (χ3n) is 3.21. The van der Waals surface area contributed by atoms with Gasteiger partial charge in [-0.15, -0.1) is 0 Å². The largest absolute Gasteiger partial charge is 0.467 e. The molecule has 20 heavy (non-hydrogen) atoms. The molecule has 1 unspecified atom stereocenters. The molecule has 0 fully saturated rings. The summed E-state index contributed by atoms with van der Waals surface area (Å²) >= 11 is 1.54. The van der Waals surface area contributed by atoms with Crippen LogP contribution >= 0.6 is 11.9 Å². The van der Waals surface area contributed by atoms with E-state index in [1.165, 1.54) is 0 Å². The second-order valence-electron chi connectivity index (χ2n) is 5.00. The fourth-order valence-corrected chi connectivity index (χ4v) is 2.44. The first kappa shape index (κ1) is 19.5. The van der Waals surface area contributed by atoms with Crippen LogP contribution in [0.25, 0.3) is 0 Å². The lowest BCUT2D eigenvalue weighted by atomic mass is 10.1. The maximum Gasteiger partial charge on any atom is 0.114 e. The van der Waals surface area contributed by atoms with E-state index >= 15 is 0 Å². The molecule has 0 aliphatic heterocycles. The number of hydrogen-bond acceptors (Lipinski definition) is 3. The monoisotopic (exact) mass is 303 g/mol. The maximum absolute atomic E-state index is 13.8. The number of hydrogen-bond donors (Lipinski definition) is 0. The van der Waals surface area contributed by atoms with E-state index < -0.39 is 6.17 Å². The van der Waals surface area contributed by atoms with Crippen molar-refractivity contribution in [3.63, 3.8) is 0 Å². The minimum atomic E-state index is -0.903. The fourth-order valence-electron chi connectivity index (χ4n) is 1.93. The van der Waals surface area contributed by atoms with Gasteiger partial charge in [-0.3, -0.25) is 0 Å². The number of rotatable bonds is 11. The second-order valence-corrected chi connectivity index (χ2v) is 5.94. The van der Waals surface area contributed by atoms with E-state index in [0.717, 1.165) is 37.2 Å². The Hall–Kier alpha value is -0.480. The summed E-state index contributed by atoms with van der Waals surface area (Å²) in [5.41, 5.74) is 0. The van der Waals surface area contributed by atoms with Crippen LogP contribution in [0.5, 0.6) is 0 Å². The molecule has 2 nitrogen and oxygen atoms in total. The highest BCUT2D eigenvalue weighted by atomic mass is 32.2. The van der Waals surface area contributed by atoms with Gasteiger partial charge >= 0.3 is 0 Å². The molecular formula is C16H30FNOS. The molecule has 0 saturated heterocycles. The van der Waals surface area contributed by atoms with Crippen LogP contribution in [0, 0.1) is 0 Å². The van der Waals surface area contributed by atoms with E-state index in [1.807, 2.05) is 23.7 Å². The average Bonchev–Trinajstić information content (AvgIpc) is 2.41. The minimum absolute atomic E-state index is 0.179. The van der Waals surface area contributed by atoms with Crippen molar-refractivity contribution in [3.8, 4) is 0 Å². The molecule has 0 rings (SSSR count). The predicted molar refractivity (Wildman–Crippen MR) is 88.4 cm³/mol. The first-order chi connectivity index (χ1) is 9.46. The summed E-state index contributed by atoms with van der Waals surface area (Å²) < 4.78 is 21.6. The van der Waals surface area contributed by atoms with Crippen LogP contribution < -0.4 is 0 Å². The summed E-state index contributed by atoms with van der Waals surface area (Å²) in [6.07, 6.45) is 7.60. The average molecular weight is 303 g/mol.